The average molecular weight is 373 g/mol. The zero-order valence-corrected chi connectivity index (χ0v) is 12.8. The van der Waals surface area contributed by atoms with Crippen molar-refractivity contribution in [1.29, 1.82) is 0 Å². The van der Waals surface area contributed by atoms with Crippen LogP contribution in [-0.2, 0) is 0 Å². The van der Waals surface area contributed by atoms with Gasteiger partial charge < -0.3 is 5.32 Å². The highest BCUT2D eigenvalue weighted by Gasteiger charge is 2.18. The van der Waals surface area contributed by atoms with E-state index < -0.39 is 5.82 Å². The lowest BCUT2D eigenvalue weighted by atomic mass is 9.97. The molecule has 0 amide bonds. The number of hydrogen-bond donors (Lipinski definition) is 1. The molecule has 1 nitrogen and oxygen atoms in total. The van der Waals surface area contributed by atoms with Gasteiger partial charge in [0.25, 0.3) is 0 Å². The van der Waals surface area contributed by atoms with Crippen molar-refractivity contribution >= 4 is 22.6 Å². The van der Waals surface area contributed by atoms with Gasteiger partial charge in [-0.25, -0.2) is 8.78 Å². The number of hydrogen-bond acceptors (Lipinski definition) is 1. The lowest BCUT2D eigenvalue weighted by Gasteiger charge is -2.19. The molecule has 0 saturated heterocycles. The smallest absolute Gasteiger partial charge is 0.128 e. The van der Waals surface area contributed by atoms with Gasteiger partial charge in [-0.1, -0.05) is 12.1 Å². The van der Waals surface area contributed by atoms with Gasteiger partial charge in [-0.15, -0.1) is 0 Å². The summed E-state index contributed by atoms with van der Waals surface area (Å²) in [5, 5.41) is 3.04. The number of nitrogens with one attached hydrogen (secondary N) is 1. The zero-order chi connectivity index (χ0) is 14.0. The van der Waals surface area contributed by atoms with Crippen LogP contribution in [0.5, 0.6) is 0 Å². The minimum atomic E-state index is -0.392. The molecule has 2 aromatic rings. The predicted octanol–water partition coefficient (Wildman–Crippen LogP) is 4.19. The summed E-state index contributed by atoms with van der Waals surface area (Å²) in [5.41, 5.74) is 1.56. The largest absolute Gasteiger partial charge is 0.309 e. The van der Waals surface area contributed by atoms with Gasteiger partial charge in [0.1, 0.15) is 11.6 Å². The summed E-state index contributed by atoms with van der Waals surface area (Å²) >= 11 is 2.20. The highest BCUT2D eigenvalue weighted by atomic mass is 127. The van der Waals surface area contributed by atoms with Crippen LogP contribution in [0.4, 0.5) is 8.78 Å². The van der Waals surface area contributed by atoms with E-state index in [4.69, 9.17) is 0 Å². The fraction of sp³-hybridized carbons (Fsp3) is 0.200. The van der Waals surface area contributed by atoms with Gasteiger partial charge in [-0.3, -0.25) is 0 Å². The molecular weight excluding hydrogens is 359 g/mol. The van der Waals surface area contributed by atoms with Gasteiger partial charge in [0.05, 0.1) is 6.04 Å². The summed E-state index contributed by atoms with van der Waals surface area (Å²) < 4.78 is 28.8. The van der Waals surface area contributed by atoms with Crippen LogP contribution in [0.15, 0.2) is 36.4 Å². The molecule has 1 N–H and O–H groups in total. The highest BCUT2D eigenvalue weighted by Crippen LogP contribution is 2.27. The topological polar surface area (TPSA) is 12.0 Å². The third kappa shape index (κ3) is 3.12. The highest BCUT2D eigenvalue weighted by molar-refractivity contribution is 14.1. The maximum Gasteiger partial charge on any atom is 0.128 e. The van der Waals surface area contributed by atoms with E-state index in [0.29, 0.717) is 11.1 Å². The predicted molar refractivity (Wildman–Crippen MR) is 81.2 cm³/mol. The first kappa shape index (κ1) is 14.4. The second-order valence-corrected chi connectivity index (χ2v) is 5.65. The Balaban J connectivity index is 2.51. The standard InChI is InChI=1S/C15H14F2IN/c1-9-6-14(17)12(8-13(9)16)15(19-2)10-4-3-5-11(18)7-10/h3-8,15,19H,1-2H3. The molecule has 0 heterocycles. The molecule has 19 heavy (non-hydrogen) atoms. The van der Waals surface area contributed by atoms with E-state index in [1.54, 1.807) is 14.0 Å². The quantitative estimate of drug-likeness (QED) is 0.796. The van der Waals surface area contributed by atoms with Gasteiger partial charge in [0.15, 0.2) is 0 Å². The van der Waals surface area contributed by atoms with Crippen LogP contribution >= 0.6 is 22.6 Å². The lowest BCUT2D eigenvalue weighted by Crippen LogP contribution is -2.19. The van der Waals surface area contributed by atoms with Crippen molar-refractivity contribution in [3.63, 3.8) is 0 Å². The molecule has 0 aliphatic heterocycles. The van der Waals surface area contributed by atoms with Gasteiger partial charge in [-0.2, -0.15) is 0 Å². The fourth-order valence-corrected chi connectivity index (χ4v) is 2.64. The molecule has 0 spiro atoms. The van der Waals surface area contributed by atoms with Crippen LogP contribution in [0.3, 0.4) is 0 Å². The Morgan fingerprint density at radius 1 is 1.11 bits per heavy atom. The van der Waals surface area contributed by atoms with Crippen LogP contribution in [0.1, 0.15) is 22.7 Å². The molecule has 1 unspecified atom stereocenters. The first-order valence-corrected chi connectivity index (χ1v) is 6.99. The first-order chi connectivity index (χ1) is 9.02. The second-order valence-electron chi connectivity index (χ2n) is 4.40. The second kappa shape index (κ2) is 5.96. The summed E-state index contributed by atoms with van der Waals surface area (Å²) in [4.78, 5) is 0. The van der Waals surface area contributed by atoms with Crippen LogP contribution in [0, 0.1) is 22.1 Å². The Bertz CT molecular complexity index is 599. The number of benzene rings is 2. The van der Waals surface area contributed by atoms with Crippen LogP contribution < -0.4 is 5.32 Å². The summed E-state index contributed by atoms with van der Waals surface area (Å²) in [5.74, 6) is -0.778. The Hall–Kier alpha value is -1.01. The average Bonchev–Trinajstić information content (AvgIpc) is 2.36. The van der Waals surface area contributed by atoms with E-state index >= 15 is 0 Å². The molecule has 0 saturated carbocycles. The molecule has 0 bridgehead atoms. The van der Waals surface area contributed by atoms with Crippen LogP contribution in [-0.4, -0.2) is 7.05 Å². The summed E-state index contributed by atoms with van der Waals surface area (Å²) in [6.45, 7) is 1.56. The molecule has 0 aliphatic carbocycles. The summed E-state index contributed by atoms with van der Waals surface area (Å²) in [6, 6.07) is 9.88. The van der Waals surface area contributed by atoms with Crippen LogP contribution in [0.2, 0.25) is 0 Å². The number of halogens is 3. The van der Waals surface area contributed by atoms with Gasteiger partial charge in [0, 0.05) is 9.13 Å². The zero-order valence-electron chi connectivity index (χ0n) is 10.7. The molecule has 0 fully saturated rings. The third-order valence-corrected chi connectivity index (χ3v) is 3.73. The summed E-state index contributed by atoms with van der Waals surface area (Å²) in [6.07, 6.45) is 0. The Morgan fingerprint density at radius 3 is 2.47 bits per heavy atom. The molecule has 100 valence electrons. The molecule has 1 atom stereocenters. The van der Waals surface area contributed by atoms with Gasteiger partial charge in [-0.05, 0) is 72.0 Å². The van der Waals surface area contributed by atoms with E-state index in [9.17, 15) is 8.78 Å². The molecule has 2 rings (SSSR count). The van der Waals surface area contributed by atoms with E-state index in [2.05, 4.69) is 27.9 Å². The van der Waals surface area contributed by atoms with Crippen molar-refractivity contribution in [3.05, 3.63) is 68.3 Å². The lowest BCUT2D eigenvalue weighted by molar-refractivity contribution is 0.553. The number of rotatable bonds is 3. The van der Waals surface area contributed by atoms with Crippen LogP contribution in [0.25, 0.3) is 0 Å². The normalized spacial score (nSPS) is 12.5. The number of aryl methyl sites for hydroxylation is 1. The SMILES string of the molecule is CNC(c1cccc(I)c1)c1cc(F)c(C)cc1F. The van der Waals surface area contributed by atoms with E-state index in [1.807, 2.05) is 24.3 Å². The fourth-order valence-electron chi connectivity index (χ4n) is 2.07. The third-order valence-electron chi connectivity index (χ3n) is 3.06. The molecule has 0 aliphatic rings. The van der Waals surface area contributed by atoms with Crippen molar-refractivity contribution in [1.82, 2.24) is 5.32 Å². The minimum absolute atomic E-state index is 0.318. The van der Waals surface area contributed by atoms with Crippen molar-refractivity contribution in [2.45, 2.75) is 13.0 Å². The Morgan fingerprint density at radius 2 is 1.84 bits per heavy atom. The van der Waals surface area contributed by atoms with Crippen molar-refractivity contribution in [2.24, 2.45) is 0 Å². The molecule has 2 aromatic carbocycles. The Kier molecular flexibility index (Phi) is 4.52. The molecular formula is C15H14F2IN. The van der Waals surface area contributed by atoms with E-state index in [1.165, 1.54) is 12.1 Å². The van der Waals surface area contributed by atoms with Crippen molar-refractivity contribution < 1.29 is 8.78 Å². The van der Waals surface area contributed by atoms with Gasteiger partial charge >= 0.3 is 0 Å². The van der Waals surface area contributed by atoms with E-state index in [-0.39, 0.29) is 11.9 Å². The molecule has 0 radical (unpaired) electrons. The maximum atomic E-state index is 14.0. The first-order valence-electron chi connectivity index (χ1n) is 5.91. The minimum Gasteiger partial charge on any atom is -0.309 e. The Labute approximate surface area is 125 Å². The molecule has 4 heteroatoms. The van der Waals surface area contributed by atoms with E-state index in [0.717, 1.165) is 9.13 Å². The molecule has 0 aromatic heterocycles. The van der Waals surface area contributed by atoms with Gasteiger partial charge in [0.2, 0.25) is 0 Å². The monoisotopic (exact) mass is 373 g/mol. The van der Waals surface area contributed by atoms with Crippen molar-refractivity contribution in [2.75, 3.05) is 7.05 Å². The van der Waals surface area contributed by atoms with Crippen molar-refractivity contribution in [3.8, 4) is 0 Å². The maximum absolute atomic E-state index is 14.0. The summed E-state index contributed by atoms with van der Waals surface area (Å²) in [7, 11) is 1.74.